The molecule has 10 nitrogen and oxygen atoms in total. The van der Waals surface area contributed by atoms with Gasteiger partial charge in [0.25, 0.3) is 0 Å². The molecule has 0 fully saturated rings. The van der Waals surface area contributed by atoms with E-state index in [1.54, 1.807) is 27.7 Å². The number of hydrogen-bond donors (Lipinski definition) is 0. The van der Waals surface area contributed by atoms with Crippen molar-refractivity contribution >= 4 is 11.9 Å². The molecule has 2 atom stereocenters. The van der Waals surface area contributed by atoms with Gasteiger partial charge in [-0.1, -0.05) is 13.5 Å². The van der Waals surface area contributed by atoms with Crippen LogP contribution in [0.2, 0.25) is 0 Å². The lowest BCUT2D eigenvalue weighted by atomic mass is 10.4. The second kappa shape index (κ2) is 20.3. The molecule has 0 saturated heterocycles. The van der Waals surface area contributed by atoms with E-state index in [0.717, 1.165) is 0 Å². The van der Waals surface area contributed by atoms with E-state index in [1.807, 2.05) is 0 Å². The minimum atomic E-state index is -0.436. The highest BCUT2D eigenvalue weighted by Gasteiger charge is 2.06. The molecule has 0 aliphatic rings. The third-order valence-electron chi connectivity index (χ3n) is 3.54. The highest BCUT2D eigenvalue weighted by Crippen LogP contribution is 1.97. The van der Waals surface area contributed by atoms with Crippen molar-refractivity contribution in [2.24, 2.45) is 0 Å². The molecule has 10 heteroatoms. The molecule has 0 aliphatic heterocycles. The first-order valence-electron chi connectivity index (χ1n) is 10.5. The van der Waals surface area contributed by atoms with E-state index in [4.69, 9.17) is 37.9 Å². The lowest BCUT2D eigenvalue weighted by Gasteiger charge is -2.15. The summed E-state index contributed by atoms with van der Waals surface area (Å²) >= 11 is 0. The van der Waals surface area contributed by atoms with Crippen molar-refractivity contribution in [1.82, 2.24) is 0 Å². The maximum atomic E-state index is 11.2. The van der Waals surface area contributed by atoms with E-state index in [0.29, 0.717) is 51.6 Å². The van der Waals surface area contributed by atoms with Crippen molar-refractivity contribution in [2.75, 3.05) is 66.1 Å². The van der Waals surface area contributed by atoms with Crippen molar-refractivity contribution < 1.29 is 47.5 Å². The van der Waals surface area contributed by atoms with Gasteiger partial charge in [0.15, 0.2) is 12.6 Å². The average Bonchev–Trinajstić information content (AvgIpc) is 2.74. The Labute approximate surface area is 185 Å². The lowest BCUT2D eigenvalue weighted by Crippen LogP contribution is -2.21. The molecule has 0 aromatic heterocycles. The summed E-state index contributed by atoms with van der Waals surface area (Å²) in [7, 11) is 0. The Bertz CT molecular complexity index is 483. The number of rotatable bonds is 21. The van der Waals surface area contributed by atoms with Crippen LogP contribution in [0, 0.1) is 0 Å². The molecule has 0 aromatic rings. The van der Waals surface area contributed by atoms with Gasteiger partial charge in [-0.15, -0.1) is 0 Å². The number of carbonyl (C=O) groups excluding carboxylic acids is 2. The first-order chi connectivity index (χ1) is 14.9. The maximum absolute atomic E-state index is 11.2. The molecule has 2 unspecified atom stereocenters. The second-order valence-corrected chi connectivity index (χ2v) is 6.33. The van der Waals surface area contributed by atoms with E-state index < -0.39 is 18.5 Å². The third kappa shape index (κ3) is 20.1. The van der Waals surface area contributed by atoms with Crippen molar-refractivity contribution in [2.45, 2.75) is 46.7 Å². The summed E-state index contributed by atoms with van der Waals surface area (Å²) in [5.74, 6) is -0.685. The van der Waals surface area contributed by atoms with E-state index in [9.17, 15) is 9.59 Å². The predicted octanol–water partition coefficient (Wildman–Crippen LogP) is 1.85. The van der Waals surface area contributed by atoms with Crippen LogP contribution in [-0.2, 0) is 47.5 Å². The third-order valence-corrected chi connectivity index (χ3v) is 3.54. The van der Waals surface area contributed by atoms with Crippen molar-refractivity contribution in [1.29, 1.82) is 0 Å². The van der Waals surface area contributed by atoms with Crippen molar-refractivity contribution in [3.63, 3.8) is 0 Å². The fourth-order valence-electron chi connectivity index (χ4n) is 1.91. The van der Waals surface area contributed by atoms with Gasteiger partial charge < -0.3 is 37.9 Å². The van der Waals surface area contributed by atoms with Crippen LogP contribution >= 0.6 is 0 Å². The van der Waals surface area contributed by atoms with Crippen LogP contribution < -0.4 is 0 Å². The molecular weight excluding hydrogens is 412 g/mol. The van der Waals surface area contributed by atoms with Crippen LogP contribution in [0.1, 0.15) is 34.1 Å². The number of hydrogen-bond acceptors (Lipinski definition) is 10. The molecule has 0 radical (unpaired) electrons. The summed E-state index contributed by atoms with van der Waals surface area (Å²) < 4.78 is 42.1. The highest BCUT2D eigenvalue weighted by molar-refractivity contribution is 5.86. The number of ether oxygens (including phenoxy) is 8. The minimum absolute atomic E-state index is 0.149. The Morgan fingerprint density at radius 1 is 0.677 bits per heavy atom. The van der Waals surface area contributed by atoms with Crippen LogP contribution in [-0.4, -0.2) is 90.6 Å². The molecule has 0 amide bonds. The van der Waals surface area contributed by atoms with Gasteiger partial charge in [0, 0.05) is 12.0 Å². The molecule has 0 aromatic carbocycles. The topological polar surface area (TPSA) is 108 Å². The molecule has 31 heavy (non-hydrogen) atoms. The Morgan fingerprint density at radius 3 is 1.48 bits per heavy atom. The Morgan fingerprint density at radius 2 is 1.06 bits per heavy atom. The van der Waals surface area contributed by atoms with Gasteiger partial charge in [-0.25, -0.2) is 4.79 Å². The molecular formula is C21H38O10. The van der Waals surface area contributed by atoms with Gasteiger partial charge in [-0.3, -0.25) is 4.79 Å². The lowest BCUT2D eigenvalue weighted by molar-refractivity contribution is -0.160. The SMILES string of the molecule is C=C(C)C(=O)OCCOC(C)OCCOCCOCCOC(C)OCCOC(=O)CC. The Balaban J connectivity index is 3.34. The van der Waals surface area contributed by atoms with E-state index in [2.05, 4.69) is 6.58 Å². The Hall–Kier alpha value is -1.56. The Kier molecular flexibility index (Phi) is 19.3. The molecule has 0 N–H and O–H groups in total. The predicted molar refractivity (Wildman–Crippen MR) is 111 cm³/mol. The molecule has 0 rings (SSSR count). The van der Waals surface area contributed by atoms with E-state index in [1.165, 1.54) is 0 Å². The first kappa shape index (κ1) is 29.4. The quantitative estimate of drug-likeness (QED) is 0.111. The summed E-state index contributed by atoms with van der Waals surface area (Å²) in [5, 5.41) is 0. The van der Waals surface area contributed by atoms with Crippen LogP contribution in [0.4, 0.5) is 0 Å². The van der Waals surface area contributed by atoms with Gasteiger partial charge in [-0.05, 0) is 20.8 Å². The average molecular weight is 451 g/mol. The zero-order valence-corrected chi connectivity index (χ0v) is 19.2. The highest BCUT2D eigenvalue weighted by atomic mass is 16.7. The van der Waals surface area contributed by atoms with Crippen molar-refractivity contribution in [3.05, 3.63) is 12.2 Å². The van der Waals surface area contributed by atoms with Crippen LogP contribution in [0.25, 0.3) is 0 Å². The van der Waals surface area contributed by atoms with Crippen LogP contribution in [0.15, 0.2) is 12.2 Å². The van der Waals surface area contributed by atoms with Gasteiger partial charge in [0.1, 0.15) is 13.2 Å². The second-order valence-electron chi connectivity index (χ2n) is 6.33. The smallest absolute Gasteiger partial charge is 0.333 e. The first-order valence-corrected chi connectivity index (χ1v) is 10.5. The van der Waals surface area contributed by atoms with Gasteiger partial charge in [0.05, 0.1) is 52.9 Å². The molecule has 0 aliphatic carbocycles. The number of esters is 2. The molecule has 0 bridgehead atoms. The van der Waals surface area contributed by atoms with Gasteiger partial charge >= 0.3 is 11.9 Å². The minimum Gasteiger partial charge on any atom is -0.463 e. The standard InChI is InChI=1S/C21H38O10/c1-6-20(22)30-15-13-28-18(4)26-11-9-24-7-8-25-10-12-27-19(5)29-14-16-31-21(23)17(2)3/h18-19H,2,6-16H2,1,3-5H3. The fourth-order valence-corrected chi connectivity index (χ4v) is 1.91. The van der Waals surface area contributed by atoms with Crippen molar-refractivity contribution in [3.8, 4) is 0 Å². The van der Waals surface area contributed by atoms with Gasteiger partial charge in [0.2, 0.25) is 0 Å². The summed E-state index contributed by atoms with van der Waals surface area (Å²) in [5.41, 5.74) is 0.352. The van der Waals surface area contributed by atoms with Crippen LogP contribution in [0.5, 0.6) is 0 Å². The monoisotopic (exact) mass is 450 g/mol. The summed E-state index contributed by atoms with van der Waals surface area (Å²) in [6.07, 6.45) is -0.479. The maximum Gasteiger partial charge on any atom is 0.333 e. The zero-order valence-electron chi connectivity index (χ0n) is 19.2. The summed E-state index contributed by atoms with van der Waals surface area (Å²) in [6, 6.07) is 0. The van der Waals surface area contributed by atoms with E-state index in [-0.39, 0.29) is 32.4 Å². The fraction of sp³-hybridized carbons (Fsp3) is 0.810. The zero-order chi connectivity index (χ0) is 23.3. The molecule has 182 valence electrons. The summed E-state index contributed by atoms with van der Waals surface area (Å²) in [4.78, 5) is 22.1. The largest absolute Gasteiger partial charge is 0.463 e. The molecule has 0 heterocycles. The van der Waals surface area contributed by atoms with Crippen LogP contribution in [0.3, 0.4) is 0 Å². The number of carbonyl (C=O) groups is 2. The van der Waals surface area contributed by atoms with E-state index >= 15 is 0 Å². The molecule has 0 spiro atoms. The normalized spacial score (nSPS) is 12.9. The van der Waals surface area contributed by atoms with Gasteiger partial charge in [-0.2, -0.15) is 0 Å². The molecule has 0 saturated carbocycles. The summed E-state index contributed by atoms with van der Waals surface area (Å²) in [6.45, 7) is 13.7.